The van der Waals surface area contributed by atoms with E-state index in [0.717, 1.165) is 12.1 Å². The van der Waals surface area contributed by atoms with E-state index in [1.54, 1.807) is 36.2 Å². The van der Waals surface area contributed by atoms with Gasteiger partial charge in [0, 0.05) is 31.4 Å². The van der Waals surface area contributed by atoms with Crippen LogP contribution in [0.5, 0.6) is 0 Å². The first-order valence-electron chi connectivity index (χ1n) is 6.98. The lowest BCUT2D eigenvalue weighted by molar-refractivity contribution is -0.117. The molecule has 1 saturated heterocycles. The summed E-state index contributed by atoms with van der Waals surface area (Å²) in [4.78, 5) is 17.2. The summed E-state index contributed by atoms with van der Waals surface area (Å²) >= 11 is 5.92. The highest BCUT2D eigenvalue weighted by Gasteiger charge is 2.24. The van der Waals surface area contributed by atoms with Gasteiger partial charge >= 0.3 is 0 Å². The summed E-state index contributed by atoms with van der Waals surface area (Å²) in [7, 11) is -2.25. The Bertz CT molecular complexity index is 845. The Morgan fingerprint density at radius 2 is 1.96 bits per heavy atom. The molecule has 1 amide bonds. The average Bonchev–Trinajstić information content (AvgIpc) is 3.07. The summed E-state index contributed by atoms with van der Waals surface area (Å²) < 4.78 is 28.4. The van der Waals surface area contributed by atoms with Crippen molar-refractivity contribution in [2.24, 2.45) is 7.05 Å². The van der Waals surface area contributed by atoms with Crippen molar-refractivity contribution in [2.75, 3.05) is 16.2 Å². The van der Waals surface area contributed by atoms with E-state index < -0.39 is 10.0 Å². The van der Waals surface area contributed by atoms with Crippen LogP contribution in [0, 0.1) is 0 Å². The fourth-order valence-corrected chi connectivity index (χ4v) is 3.90. The number of hydrogen-bond donors (Lipinski definition) is 1. The van der Waals surface area contributed by atoms with Crippen molar-refractivity contribution in [1.29, 1.82) is 0 Å². The predicted octanol–water partition coefficient (Wildman–Crippen LogP) is 2.00. The highest BCUT2D eigenvalue weighted by Crippen LogP contribution is 2.25. The van der Waals surface area contributed by atoms with Crippen LogP contribution >= 0.6 is 11.6 Å². The molecule has 1 aromatic carbocycles. The minimum Gasteiger partial charge on any atom is -0.324 e. The Kier molecular flexibility index (Phi) is 4.03. The van der Waals surface area contributed by atoms with Crippen LogP contribution in [0.3, 0.4) is 0 Å². The number of aryl methyl sites for hydroxylation is 1. The van der Waals surface area contributed by atoms with E-state index in [4.69, 9.17) is 11.6 Å². The molecule has 0 radical (unpaired) electrons. The van der Waals surface area contributed by atoms with Crippen LogP contribution in [-0.2, 0) is 21.9 Å². The van der Waals surface area contributed by atoms with E-state index >= 15 is 0 Å². The Hall–Kier alpha value is -2.06. The fraction of sp³-hybridized carbons (Fsp3) is 0.286. The van der Waals surface area contributed by atoms with Gasteiger partial charge in [0.05, 0.1) is 6.33 Å². The third kappa shape index (κ3) is 3.04. The van der Waals surface area contributed by atoms with Gasteiger partial charge in [0.25, 0.3) is 10.0 Å². The van der Waals surface area contributed by atoms with Gasteiger partial charge < -0.3 is 9.47 Å². The van der Waals surface area contributed by atoms with E-state index in [-0.39, 0.29) is 16.1 Å². The maximum atomic E-state index is 12.3. The molecule has 1 N–H and O–H groups in total. The first-order chi connectivity index (χ1) is 10.9. The number of carbonyl (C=O) groups is 1. The highest BCUT2D eigenvalue weighted by molar-refractivity contribution is 7.92. The van der Waals surface area contributed by atoms with Gasteiger partial charge in [-0.2, -0.15) is 8.42 Å². The minimum absolute atomic E-state index is 0.0387. The molecule has 1 fully saturated rings. The molecule has 0 atom stereocenters. The van der Waals surface area contributed by atoms with Crippen LogP contribution in [0.2, 0.25) is 5.15 Å². The molecule has 0 unspecified atom stereocenters. The van der Waals surface area contributed by atoms with Crippen molar-refractivity contribution in [3.8, 4) is 0 Å². The summed E-state index contributed by atoms with van der Waals surface area (Å²) in [6.45, 7) is 0.688. The first kappa shape index (κ1) is 15.8. The second kappa shape index (κ2) is 5.86. The summed E-state index contributed by atoms with van der Waals surface area (Å²) in [5.41, 5.74) is 1.13. The zero-order chi connectivity index (χ0) is 16.6. The molecule has 9 heteroatoms. The van der Waals surface area contributed by atoms with Crippen LogP contribution < -0.4 is 9.62 Å². The molecule has 2 heterocycles. The van der Waals surface area contributed by atoms with Crippen molar-refractivity contribution >= 4 is 38.9 Å². The number of imidazole rings is 1. The summed E-state index contributed by atoms with van der Waals surface area (Å²) in [5, 5.41) is -0.183. The number of rotatable bonds is 4. The molecule has 1 aliphatic heterocycles. The largest absolute Gasteiger partial charge is 0.324 e. The van der Waals surface area contributed by atoms with Gasteiger partial charge in [0.1, 0.15) is 5.15 Å². The molecule has 0 bridgehead atoms. The second-order valence-electron chi connectivity index (χ2n) is 5.25. The quantitative estimate of drug-likeness (QED) is 0.910. The van der Waals surface area contributed by atoms with Gasteiger partial charge in [-0.1, -0.05) is 11.6 Å². The molecular formula is C14H15ClN4O3S. The van der Waals surface area contributed by atoms with E-state index in [2.05, 4.69) is 9.71 Å². The summed E-state index contributed by atoms with van der Waals surface area (Å²) in [6.07, 6.45) is 2.72. The number of hydrogen-bond acceptors (Lipinski definition) is 4. The molecule has 23 heavy (non-hydrogen) atoms. The Labute approximate surface area is 138 Å². The minimum atomic E-state index is -3.86. The topological polar surface area (TPSA) is 84.3 Å². The van der Waals surface area contributed by atoms with Gasteiger partial charge in [0.2, 0.25) is 10.9 Å². The zero-order valence-electron chi connectivity index (χ0n) is 12.4. The van der Waals surface area contributed by atoms with Gasteiger partial charge in [-0.15, -0.1) is 0 Å². The average molecular weight is 355 g/mol. The van der Waals surface area contributed by atoms with Crippen LogP contribution in [0.1, 0.15) is 12.8 Å². The number of halogens is 1. The Morgan fingerprint density at radius 3 is 2.48 bits per heavy atom. The fourth-order valence-electron chi connectivity index (χ4n) is 2.41. The van der Waals surface area contributed by atoms with E-state index in [0.29, 0.717) is 18.7 Å². The number of sulfonamides is 1. The van der Waals surface area contributed by atoms with Gasteiger partial charge in [-0.25, -0.2) is 4.98 Å². The van der Waals surface area contributed by atoms with Crippen LogP contribution in [0.25, 0.3) is 0 Å². The Morgan fingerprint density at radius 1 is 1.26 bits per heavy atom. The summed E-state index contributed by atoms with van der Waals surface area (Å²) in [6, 6.07) is 6.63. The third-order valence-corrected chi connectivity index (χ3v) is 5.46. The second-order valence-corrected chi connectivity index (χ2v) is 7.21. The standard InChI is InChI=1S/C14H15ClN4O3S/c1-18-9-16-14(13(18)15)23(21,22)17-10-4-6-11(7-5-10)19-8-2-3-12(19)20/h4-7,9,17H,2-3,8H2,1H3. The molecule has 7 nitrogen and oxygen atoms in total. The molecule has 0 saturated carbocycles. The number of amides is 1. The molecule has 2 aromatic rings. The smallest absolute Gasteiger partial charge is 0.282 e. The maximum absolute atomic E-state index is 12.3. The van der Waals surface area contributed by atoms with Crippen LogP contribution in [0.4, 0.5) is 11.4 Å². The number of carbonyl (C=O) groups excluding carboxylic acids is 1. The number of aromatic nitrogens is 2. The van der Waals surface area contributed by atoms with Crippen molar-refractivity contribution < 1.29 is 13.2 Å². The van der Waals surface area contributed by atoms with Crippen LogP contribution in [-0.4, -0.2) is 30.4 Å². The number of benzene rings is 1. The monoisotopic (exact) mass is 354 g/mol. The predicted molar refractivity (Wildman–Crippen MR) is 87.1 cm³/mol. The van der Waals surface area contributed by atoms with Crippen molar-refractivity contribution in [3.05, 3.63) is 35.7 Å². The van der Waals surface area contributed by atoms with Gasteiger partial charge in [-0.05, 0) is 30.7 Å². The molecule has 122 valence electrons. The number of anilines is 2. The van der Waals surface area contributed by atoms with E-state index in [1.165, 1.54) is 10.9 Å². The van der Waals surface area contributed by atoms with Gasteiger partial charge in [-0.3, -0.25) is 9.52 Å². The summed E-state index contributed by atoms with van der Waals surface area (Å²) in [5.74, 6) is 0.0820. The number of nitrogens with one attached hydrogen (secondary N) is 1. The lowest BCUT2D eigenvalue weighted by atomic mass is 10.2. The van der Waals surface area contributed by atoms with E-state index in [1.807, 2.05) is 0 Å². The third-order valence-electron chi connectivity index (χ3n) is 3.59. The lowest BCUT2D eigenvalue weighted by Gasteiger charge is -2.16. The maximum Gasteiger partial charge on any atom is 0.282 e. The Balaban J connectivity index is 1.80. The van der Waals surface area contributed by atoms with Crippen molar-refractivity contribution in [2.45, 2.75) is 17.9 Å². The molecular weight excluding hydrogens is 340 g/mol. The molecule has 0 spiro atoms. The lowest BCUT2D eigenvalue weighted by Crippen LogP contribution is -2.23. The molecule has 0 aliphatic carbocycles. The number of nitrogens with zero attached hydrogens (tertiary/aromatic N) is 3. The zero-order valence-corrected chi connectivity index (χ0v) is 13.9. The van der Waals surface area contributed by atoms with Crippen molar-refractivity contribution in [3.63, 3.8) is 0 Å². The van der Waals surface area contributed by atoms with Gasteiger partial charge in [0.15, 0.2) is 0 Å². The SMILES string of the molecule is Cn1cnc(S(=O)(=O)Nc2ccc(N3CCCC3=O)cc2)c1Cl. The molecule has 1 aromatic heterocycles. The van der Waals surface area contributed by atoms with Crippen molar-refractivity contribution in [1.82, 2.24) is 9.55 Å². The molecule has 1 aliphatic rings. The van der Waals surface area contributed by atoms with Crippen LogP contribution in [0.15, 0.2) is 35.6 Å². The normalized spacial score (nSPS) is 15.2. The molecule has 3 rings (SSSR count). The first-order valence-corrected chi connectivity index (χ1v) is 8.85. The van der Waals surface area contributed by atoms with E-state index in [9.17, 15) is 13.2 Å². The highest BCUT2D eigenvalue weighted by atomic mass is 35.5.